The Balaban J connectivity index is 2.30. The Hall–Kier alpha value is -2.63. The van der Waals surface area contributed by atoms with E-state index in [0.29, 0.717) is 0 Å². The molecule has 0 aliphatic heterocycles. The summed E-state index contributed by atoms with van der Waals surface area (Å²) in [7, 11) is 0. The fourth-order valence-electron chi connectivity index (χ4n) is 1.42. The van der Waals surface area contributed by atoms with Crippen LogP contribution in [0.3, 0.4) is 0 Å². The Morgan fingerprint density at radius 3 is 2.83 bits per heavy atom. The van der Waals surface area contributed by atoms with Crippen molar-refractivity contribution in [3.63, 3.8) is 0 Å². The molecule has 18 heavy (non-hydrogen) atoms. The second kappa shape index (κ2) is 4.70. The van der Waals surface area contributed by atoms with Crippen molar-refractivity contribution in [2.75, 3.05) is 11.1 Å². The maximum atomic E-state index is 13.0. The summed E-state index contributed by atoms with van der Waals surface area (Å²) in [5.41, 5.74) is 5.44. The van der Waals surface area contributed by atoms with Gasteiger partial charge in [-0.25, -0.2) is 4.39 Å². The van der Waals surface area contributed by atoms with Gasteiger partial charge in [0.25, 0.3) is 5.91 Å². The Kier molecular flexibility index (Phi) is 3.09. The number of carbonyl (C=O) groups excluding carboxylic acids is 1. The van der Waals surface area contributed by atoms with E-state index in [4.69, 9.17) is 5.73 Å². The van der Waals surface area contributed by atoms with E-state index in [-0.39, 0.29) is 16.9 Å². The van der Waals surface area contributed by atoms with Gasteiger partial charge < -0.3 is 16.0 Å². The topological polar surface area (TPSA) is 88.0 Å². The number of anilines is 2. The molecule has 4 N–H and O–H groups in total. The van der Waals surface area contributed by atoms with E-state index in [1.807, 2.05) is 0 Å². The molecular weight excluding hydrogens is 237 g/mol. The van der Waals surface area contributed by atoms with Crippen LogP contribution in [-0.2, 0) is 0 Å². The molecule has 1 amide bonds. The molecule has 0 atom stereocenters. The third-order valence-corrected chi connectivity index (χ3v) is 2.33. The van der Waals surface area contributed by atoms with Crippen molar-refractivity contribution < 1.29 is 9.18 Å². The summed E-state index contributed by atoms with van der Waals surface area (Å²) in [5.74, 6) is -1.17. The van der Waals surface area contributed by atoms with Gasteiger partial charge in [-0.15, -0.1) is 0 Å². The van der Waals surface area contributed by atoms with Crippen LogP contribution < -0.4 is 16.5 Å². The Morgan fingerprint density at radius 2 is 2.11 bits per heavy atom. The number of hydrogen-bond acceptors (Lipinski definition) is 3. The lowest BCUT2D eigenvalue weighted by atomic mass is 10.2. The number of aromatic nitrogens is 1. The van der Waals surface area contributed by atoms with Crippen LogP contribution in [0.5, 0.6) is 0 Å². The SMILES string of the molecule is Nc1ccc(F)cc1NC(=O)c1c[nH]ccc1=O. The fraction of sp³-hybridized carbons (Fsp3) is 0. The number of nitrogen functional groups attached to an aromatic ring is 1. The van der Waals surface area contributed by atoms with Crippen LogP contribution in [0.4, 0.5) is 15.8 Å². The lowest BCUT2D eigenvalue weighted by Gasteiger charge is -2.07. The van der Waals surface area contributed by atoms with E-state index in [1.54, 1.807) is 0 Å². The highest BCUT2D eigenvalue weighted by molar-refractivity contribution is 6.05. The molecule has 0 aliphatic carbocycles. The molecule has 0 unspecified atom stereocenters. The summed E-state index contributed by atoms with van der Waals surface area (Å²) < 4.78 is 13.0. The summed E-state index contributed by atoms with van der Waals surface area (Å²) in [6.07, 6.45) is 2.68. The van der Waals surface area contributed by atoms with Crippen LogP contribution in [0, 0.1) is 5.82 Å². The van der Waals surface area contributed by atoms with Gasteiger partial charge in [0, 0.05) is 18.5 Å². The highest BCUT2D eigenvalue weighted by Gasteiger charge is 2.11. The first-order valence-electron chi connectivity index (χ1n) is 5.11. The van der Waals surface area contributed by atoms with Crippen molar-refractivity contribution in [3.05, 3.63) is 58.3 Å². The van der Waals surface area contributed by atoms with Gasteiger partial charge >= 0.3 is 0 Å². The van der Waals surface area contributed by atoms with Crippen molar-refractivity contribution in [1.82, 2.24) is 4.98 Å². The predicted octanol–water partition coefficient (Wildman–Crippen LogP) is 1.35. The average Bonchev–Trinajstić information content (AvgIpc) is 2.34. The monoisotopic (exact) mass is 247 g/mol. The Morgan fingerprint density at radius 1 is 1.33 bits per heavy atom. The number of carbonyl (C=O) groups is 1. The van der Waals surface area contributed by atoms with Crippen LogP contribution in [0.2, 0.25) is 0 Å². The zero-order chi connectivity index (χ0) is 13.1. The number of halogens is 1. The maximum Gasteiger partial charge on any atom is 0.261 e. The normalized spacial score (nSPS) is 10.1. The van der Waals surface area contributed by atoms with Gasteiger partial charge in [0.15, 0.2) is 5.43 Å². The first-order valence-corrected chi connectivity index (χ1v) is 5.11. The van der Waals surface area contributed by atoms with E-state index < -0.39 is 17.2 Å². The molecule has 0 saturated heterocycles. The quantitative estimate of drug-likeness (QED) is 0.700. The van der Waals surface area contributed by atoms with E-state index in [9.17, 15) is 14.0 Å². The van der Waals surface area contributed by atoms with Crippen molar-refractivity contribution in [3.8, 4) is 0 Å². The van der Waals surface area contributed by atoms with Gasteiger partial charge in [0.05, 0.1) is 11.4 Å². The maximum absolute atomic E-state index is 13.0. The average molecular weight is 247 g/mol. The highest BCUT2D eigenvalue weighted by Crippen LogP contribution is 2.19. The summed E-state index contributed by atoms with van der Waals surface area (Å²) in [4.78, 5) is 25.8. The zero-order valence-corrected chi connectivity index (χ0v) is 9.24. The number of pyridine rings is 1. The number of nitrogens with two attached hydrogens (primary N) is 1. The standard InChI is InChI=1S/C12H10FN3O2/c13-7-1-2-9(14)10(5-7)16-12(18)8-6-15-4-3-11(8)17/h1-6H,14H2,(H,15,17)(H,16,18). The second-order valence-corrected chi connectivity index (χ2v) is 3.61. The molecule has 5 nitrogen and oxygen atoms in total. The Labute approximate surface area is 101 Å². The molecule has 2 rings (SSSR count). The summed E-state index contributed by atoms with van der Waals surface area (Å²) in [6.45, 7) is 0. The first-order chi connectivity index (χ1) is 8.58. The molecule has 6 heteroatoms. The predicted molar refractivity (Wildman–Crippen MR) is 65.8 cm³/mol. The molecule has 0 radical (unpaired) electrons. The van der Waals surface area contributed by atoms with Crippen LogP contribution >= 0.6 is 0 Å². The lowest BCUT2D eigenvalue weighted by molar-refractivity contribution is 0.102. The smallest absolute Gasteiger partial charge is 0.261 e. The van der Waals surface area contributed by atoms with E-state index >= 15 is 0 Å². The molecule has 0 bridgehead atoms. The highest BCUT2D eigenvalue weighted by atomic mass is 19.1. The lowest BCUT2D eigenvalue weighted by Crippen LogP contribution is -2.21. The summed E-state index contributed by atoms with van der Waals surface area (Å²) in [5, 5.41) is 2.38. The molecule has 0 saturated carbocycles. The molecular formula is C12H10FN3O2. The van der Waals surface area contributed by atoms with E-state index in [2.05, 4.69) is 10.3 Å². The number of rotatable bonds is 2. The summed E-state index contributed by atoms with van der Waals surface area (Å²) >= 11 is 0. The molecule has 1 aromatic carbocycles. The van der Waals surface area contributed by atoms with Crippen LogP contribution in [0.25, 0.3) is 0 Å². The number of H-pyrrole nitrogens is 1. The van der Waals surface area contributed by atoms with Gasteiger partial charge in [-0.3, -0.25) is 9.59 Å². The van der Waals surface area contributed by atoms with E-state index in [0.717, 1.165) is 6.07 Å². The van der Waals surface area contributed by atoms with Crippen molar-refractivity contribution in [2.45, 2.75) is 0 Å². The first kappa shape index (κ1) is 11.8. The van der Waals surface area contributed by atoms with Crippen LogP contribution in [-0.4, -0.2) is 10.9 Å². The minimum absolute atomic E-state index is 0.0684. The molecule has 0 aliphatic rings. The third-order valence-electron chi connectivity index (χ3n) is 2.33. The number of benzene rings is 1. The molecule has 92 valence electrons. The molecule has 0 fully saturated rings. The van der Waals surface area contributed by atoms with E-state index in [1.165, 1.54) is 30.6 Å². The zero-order valence-electron chi connectivity index (χ0n) is 9.24. The number of hydrogen-bond donors (Lipinski definition) is 3. The minimum Gasteiger partial charge on any atom is -0.397 e. The van der Waals surface area contributed by atoms with Crippen molar-refractivity contribution in [1.29, 1.82) is 0 Å². The second-order valence-electron chi connectivity index (χ2n) is 3.61. The van der Waals surface area contributed by atoms with Gasteiger partial charge in [-0.2, -0.15) is 0 Å². The van der Waals surface area contributed by atoms with Gasteiger partial charge in [-0.05, 0) is 18.2 Å². The van der Waals surface area contributed by atoms with Crippen LogP contribution in [0.1, 0.15) is 10.4 Å². The van der Waals surface area contributed by atoms with Crippen LogP contribution in [0.15, 0.2) is 41.5 Å². The molecule has 1 aromatic heterocycles. The van der Waals surface area contributed by atoms with Gasteiger partial charge in [0.1, 0.15) is 11.4 Å². The van der Waals surface area contributed by atoms with Crippen molar-refractivity contribution >= 4 is 17.3 Å². The van der Waals surface area contributed by atoms with Gasteiger partial charge in [0.2, 0.25) is 0 Å². The van der Waals surface area contributed by atoms with Crippen molar-refractivity contribution in [2.24, 2.45) is 0 Å². The number of aromatic amines is 1. The Bertz CT molecular complexity index is 652. The number of nitrogens with one attached hydrogen (secondary N) is 2. The molecule has 0 spiro atoms. The molecule has 1 heterocycles. The third kappa shape index (κ3) is 2.37. The largest absolute Gasteiger partial charge is 0.397 e. The number of amides is 1. The molecule has 2 aromatic rings. The van der Waals surface area contributed by atoms with Gasteiger partial charge in [-0.1, -0.05) is 0 Å². The summed E-state index contributed by atoms with van der Waals surface area (Å²) in [6, 6.07) is 4.83. The minimum atomic E-state index is -0.644. The fourth-order valence-corrected chi connectivity index (χ4v) is 1.42.